The molecule has 1 aromatic carbocycles. The second-order valence-corrected chi connectivity index (χ2v) is 8.26. The van der Waals surface area contributed by atoms with Crippen LogP contribution >= 0.6 is 0 Å². The highest BCUT2D eigenvalue weighted by Crippen LogP contribution is 2.31. The summed E-state index contributed by atoms with van der Waals surface area (Å²) in [6.07, 6.45) is 1.57. The SMILES string of the molecule is CC(C)(C)OC(=O)N1CCCC(c2cccc(OC(C)(C)C(=O)O)c2)C1. The monoisotopic (exact) mass is 363 g/mol. The Morgan fingerprint density at radius 2 is 1.88 bits per heavy atom. The molecule has 6 nitrogen and oxygen atoms in total. The minimum Gasteiger partial charge on any atom is -0.478 e. The molecule has 26 heavy (non-hydrogen) atoms. The van der Waals surface area contributed by atoms with Gasteiger partial charge >= 0.3 is 12.1 Å². The number of likely N-dealkylation sites (tertiary alicyclic amines) is 1. The van der Waals surface area contributed by atoms with Crippen LogP contribution in [-0.4, -0.2) is 46.4 Å². The molecule has 1 N–H and O–H groups in total. The lowest BCUT2D eigenvalue weighted by atomic mass is 9.90. The van der Waals surface area contributed by atoms with Gasteiger partial charge in [-0.05, 0) is 65.2 Å². The molecule has 0 radical (unpaired) electrons. The largest absolute Gasteiger partial charge is 0.478 e. The van der Waals surface area contributed by atoms with Crippen LogP contribution in [0.25, 0.3) is 0 Å². The van der Waals surface area contributed by atoms with Gasteiger partial charge in [0, 0.05) is 19.0 Å². The van der Waals surface area contributed by atoms with Crippen molar-refractivity contribution in [2.45, 2.75) is 64.6 Å². The summed E-state index contributed by atoms with van der Waals surface area (Å²) in [5, 5.41) is 9.23. The Bertz CT molecular complexity index is 662. The van der Waals surface area contributed by atoms with Crippen LogP contribution in [-0.2, 0) is 9.53 Å². The number of hydrogen-bond donors (Lipinski definition) is 1. The lowest BCUT2D eigenvalue weighted by Crippen LogP contribution is -2.42. The summed E-state index contributed by atoms with van der Waals surface area (Å²) in [6, 6.07) is 7.47. The van der Waals surface area contributed by atoms with Crippen molar-refractivity contribution in [3.05, 3.63) is 29.8 Å². The fourth-order valence-corrected chi connectivity index (χ4v) is 2.91. The third kappa shape index (κ3) is 5.38. The molecule has 1 amide bonds. The van der Waals surface area contributed by atoms with Crippen LogP contribution in [0.4, 0.5) is 4.79 Å². The molecular formula is C20H29NO5. The number of nitrogens with zero attached hydrogens (tertiary/aromatic N) is 1. The number of rotatable bonds is 4. The first-order chi connectivity index (χ1) is 12.0. The van der Waals surface area contributed by atoms with Crippen molar-refractivity contribution in [1.82, 2.24) is 4.90 Å². The van der Waals surface area contributed by atoms with Crippen LogP contribution in [0.5, 0.6) is 5.75 Å². The van der Waals surface area contributed by atoms with E-state index in [1.807, 2.05) is 39.0 Å². The second-order valence-electron chi connectivity index (χ2n) is 8.26. The Labute approximate surface area is 155 Å². The van der Waals surface area contributed by atoms with Crippen LogP contribution in [0.15, 0.2) is 24.3 Å². The minimum atomic E-state index is -1.30. The van der Waals surface area contributed by atoms with Crippen LogP contribution in [0.1, 0.15) is 58.9 Å². The molecule has 1 fully saturated rings. The summed E-state index contributed by atoms with van der Waals surface area (Å²) in [7, 11) is 0. The molecule has 6 heteroatoms. The number of carboxylic acids is 1. The summed E-state index contributed by atoms with van der Waals surface area (Å²) in [6.45, 7) is 9.89. The molecule has 1 aromatic rings. The average Bonchev–Trinajstić information content (AvgIpc) is 2.53. The maximum Gasteiger partial charge on any atom is 0.410 e. The number of carbonyl (C=O) groups excluding carboxylic acids is 1. The van der Waals surface area contributed by atoms with Gasteiger partial charge in [0.25, 0.3) is 0 Å². The lowest BCUT2D eigenvalue weighted by molar-refractivity contribution is -0.152. The molecule has 1 unspecified atom stereocenters. The molecule has 1 atom stereocenters. The topological polar surface area (TPSA) is 76.1 Å². The Hall–Kier alpha value is -2.24. The smallest absolute Gasteiger partial charge is 0.410 e. The number of amides is 1. The van der Waals surface area contributed by atoms with Gasteiger partial charge in [-0.3, -0.25) is 0 Å². The lowest BCUT2D eigenvalue weighted by Gasteiger charge is -2.34. The Morgan fingerprint density at radius 3 is 2.50 bits per heavy atom. The molecule has 0 aromatic heterocycles. The maximum atomic E-state index is 12.3. The van der Waals surface area contributed by atoms with E-state index in [4.69, 9.17) is 9.47 Å². The Balaban J connectivity index is 2.10. The normalized spacial score (nSPS) is 18.3. The fraction of sp³-hybridized carbons (Fsp3) is 0.600. The predicted octanol–water partition coefficient (Wildman–Crippen LogP) is 4.04. The fourth-order valence-electron chi connectivity index (χ4n) is 2.91. The molecule has 2 rings (SSSR count). The van der Waals surface area contributed by atoms with Crippen molar-refractivity contribution in [2.75, 3.05) is 13.1 Å². The minimum absolute atomic E-state index is 0.174. The highest BCUT2D eigenvalue weighted by molar-refractivity contribution is 5.76. The van der Waals surface area contributed by atoms with E-state index in [1.165, 1.54) is 13.8 Å². The zero-order valence-electron chi connectivity index (χ0n) is 16.2. The van der Waals surface area contributed by atoms with Gasteiger partial charge in [0.15, 0.2) is 5.60 Å². The highest BCUT2D eigenvalue weighted by Gasteiger charge is 2.31. The van der Waals surface area contributed by atoms with Crippen LogP contribution in [0.2, 0.25) is 0 Å². The zero-order chi connectivity index (χ0) is 19.5. The molecule has 0 spiro atoms. The van der Waals surface area contributed by atoms with E-state index < -0.39 is 17.2 Å². The molecule has 1 aliphatic rings. The van der Waals surface area contributed by atoms with Crippen LogP contribution in [0, 0.1) is 0 Å². The summed E-state index contributed by atoms with van der Waals surface area (Å²) in [5.41, 5.74) is -0.773. The summed E-state index contributed by atoms with van der Waals surface area (Å²) >= 11 is 0. The molecular weight excluding hydrogens is 334 g/mol. The first-order valence-corrected chi connectivity index (χ1v) is 8.98. The van der Waals surface area contributed by atoms with E-state index in [0.717, 1.165) is 18.4 Å². The van der Waals surface area contributed by atoms with E-state index >= 15 is 0 Å². The molecule has 0 saturated carbocycles. The summed E-state index contributed by atoms with van der Waals surface area (Å²) in [5.74, 6) is -0.325. The first-order valence-electron chi connectivity index (χ1n) is 8.98. The molecule has 144 valence electrons. The first kappa shape index (κ1) is 20.1. The molecule has 0 aliphatic carbocycles. The van der Waals surface area contributed by atoms with E-state index in [-0.39, 0.29) is 12.0 Å². The molecule has 1 aliphatic heterocycles. The third-order valence-corrected chi connectivity index (χ3v) is 4.29. The van der Waals surface area contributed by atoms with E-state index in [1.54, 1.807) is 11.0 Å². The van der Waals surface area contributed by atoms with Gasteiger partial charge < -0.3 is 19.5 Å². The van der Waals surface area contributed by atoms with Crippen molar-refractivity contribution in [1.29, 1.82) is 0 Å². The zero-order valence-corrected chi connectivity index (χ0v) is 16.2. The van der Waals surface area contributed by atoms with Gasteiger partial charge in [-0.15, -0.1) is 0 Å². The predicted molar refractivity (Wildman–Crippen MR) is 98.6 cm³/mol. The highest BCUT2D eigenvalue weighted by atomic mass is 16.6. The number of benzene rings is 1. The Kier molecular flexibility index (Phi) is 5.84. The van der Waals surface area contributed by atoms with Crippen molar-refractivity contribution in [2.24, 2.45) is 0 Å². The van der Waals surface area contributed by atoms with Crippen molar-refractivity contribution >= 4 is 12.1 Å². The van der Waals surface area contributed by atoms with Gasteiger partial charge in [0.05, 0.1) is 0 Å². The van der Waals surface area contributed by atoms with Gasteiger partial charge in [0.1, 0.15) is 11.4 Å². The van der Waals surface area contributed by atoms with Crippen molar-refractivity contribution < 1.29 is 24.2 Å². The number of aliphatic carboxylic acids is 1. The number of carbonyl (C=O) groups is 2. The van der Waals surface area contributed by atoms with Gasteiger partial charge in [-0.2, -0.15) is 0 Å². The number of ether oxygens (including phenoxy) is 2. The number of piperidine rings is 1. The summed E-state index contributed by atoms with van der Waals surface area (Å²) < 4.78 is 11.1. The number of hydrogen-bond acceptors (Lipinski definition) is 4. The standard InChI is InChI=1S/C20H29NO5/c1-19(2,3)26-18(24)21-11-7-9-15(13-21)14-8-6-10-16(12-14)25-20(4,5)17(22)23/h6,8,10,12,15H,7,9,11,13H2,1-5H3,(H,22,23). The van der Waals surface area contributed by atoms with Crippen molar-refractivity contribution in [3.63, 3.8) is 0 Å². The quantitative estimate of drug-likeness (QED) is 0.873. The third-order valence-electron chi connectivity index (χ3n) is 4.29. The van der Waals surface area contributed by atoms with Gasteiger partial charge in [-0.25, -0.2) is 9.59 Å². The van der Waals surface area contributed by atoms with Crippen LogP contribution < -0.4 is 4.74 Å². The second kappa shape index (κ2) is 7.56. The van der Waals surface area contributed by atoms with E-state index in [9.17, 15) is 14.7 Å². The molecule has 0 bridgehead atoms. The van der Waals surface area contributed by atoms with Crippen LogP contribution in [0.3, 0.4) is 0 Å². The molecule has 1 saturated heterocycles. The average molecular weight is 363 g/mol. The number of carboxylic acid groups (broad SMARTS) is 1. The van der Waals surface area contributed by atoms with E-state index in [2.05, 4.69) is 0 Å². The van der Waals surface area contributed by atoms with Gasteiger partial charge in [-0.1, -0.05) is 12.1 Å². The van der Waals surface area contributed by atoms with Crippen molar-refractivity contribution in [3.8, 4) is 5.75 Å². The summed E-state index contributed by atoms with van der Waals surface area (Å²) in [4.78, 5) is 25.3. The Morgan fingerprint density at radius 1 is 1.19 bits per heavy atom. The molecule has 1 heterocycles. The maximum absolute atomic E-state index is 12.3. The van der Waals surface area contributed by atoms with E-state index in [0.29, 0.717) is 18.8 Å². The van der Waals surface area contributed by atoms with Gasteiger partial charge in [0.2, 0.25) is 0 Å².